The minimum atomic E-state index is -0.816. The molecule has 10 heteroatoms. The number of allylic oxidation sites excluding steroid dienone is 4. The second-order valence-electron chi connectivity index (χ2n) is 10.3. The van der Waals surface area contributed by atoms with Gasteiger partial charge in [0.2, 0.25) is 0 Å². The zero-order valence-electron chi connectivity index (χ0n) is 22.4. The molecule has 0 radical (unpaired) electrons. The normalized spacial score (nSPS) is 19.1. The fraction of sp³-hybridized carbons (Fsp3) is 0.219. The predicted molar refractivity (Wildman–Crippen MR) is 166 cm³/mol. The van der Waals surface area contributed by atoms with Crippen LogP contribution in [0.1, 0.15) is 30.1 Å². The van der Waals surface area contributed by atoms with E-state index in [-0.39, 0.29) is 17.0 Å². The van der Waals surface area contributed by atoms with E-state index in [1.807, 2.05) is 70.1 Å². The SMILES string of the molecule is O=C(O)C1CCCN1c1ccc(-n2c(SC(c3ccc(Cl)cc3)C3C=CC(Cl)=CC3)nnc2-c2cccc(F)c2)cc1. The van der Waals surface area contributed by atoms with Crippen LogP contribution >= 0.6 is 35.0 Å². The van der Waals surface area contributed by atoms with Crippen LogP contribution in [0.3, 0.4) is 0 Å². The van der Waals surface area contributed by atoms with Crippen LogP contribution in [0.5, 0.6) is 0 Å². The lowest BCUT2D eigenvalue weighted by atomic mass is 9.92. The molecule has 1 aromatic heterocycles. The summed E-state index contributed by atoms with van der Waals surface area (Å²) < 4.78 is 16.2. The van der Waals surface area contributed by atoms with Crippen LogP contribution in [0, 0.1) is 11.7 Å². The molecule has 0 spiro atoms. The van der Waals surface area contributed by atoms with Gasteiger partial charge in [-0.25, -0.2) is 9.18 Å². The summed E-state index contributed by atoms with van der Waals surface area (Å²) in [6, 6.07) is 21.3. The number of thioether (sulfide) groups is 1. The maximum Gasteiger partial charge on any atom is 0.326 e. The Labute approximate surface area is 257 Å². The summed E-state index contributed by atoms with van der Waals surface area (Å²) in [5.74, 6) is -0.544. The summed E-state index contributed by atoms with van der Waals surface area (Å²) >= 11 is 14.0. The molecule has 4 aromatic rings. The lowest BCUT2D eigenvalue weighted by Gasteiger charge is -2.26. The number of benzene rings is 3. The highest BCUT2D eigenvalue weighted by atomic mass is 35.5. The summed E-state index contributed by atoms with van der Waals surface area (Å²) in [5.41, 5.74) is 3.30. The van der Waals surface area contributed by atoms with Gasteiger partial charge in [-0.1, -0.05) is 71.4 Å². The quantitative estimate of drug-likeness (QED) is 0.200. The molecule has 0 saturated carbocycles. The molecule has 1 aliphatic heterocycles. The molecule has 6 rings (SSSR count). The number of halogens is 3. The van der Waals surface area contributed by atoms with Crippen LogP contribution in [0.15, 0.2) is 101 Å². The lowest BCUT2D eigenvalue weighted by molar-refractivity contribution is -0.138. The number of anilines is 1. The van der Waals surface area contributed by atoms with Crippen molar-refractivity contribution in [3.63, 3.8) is 0 Å². The van der Waals surface area contributed by atoms with Crippen molar-refractivity contribution in [2.45, 2.75) is 35.7 Å². The van der Waals surface area contributed by atoms with Gasteiger partial charge in [-0.3, -0.25) is 4.57 Å². The summed E-state index contributed by atoms with van der Waals surface area (Å²) in [6.07, 6.45) is 8.26. The van der Waals surface area contributed by atoms with Crippen LogP contribution in [-0.4, -0.2) is 38.4 Å². The number of carbonyl (C=O) groups is 1. The van der Waals surface area contributed by atoms with Gasteiger partial charge in [0.25, 0.3) is 0 Å². The molecular formula is C32H27Cl2FN4O2S. The minimum Gasteiger partial charge on any atom is -0.480 e. The zero-order chi connectivity index (χ0) is 29.2. The summed E-state index contributed by atoms with van der Waals surface area (Å²) in [5, 5.41) is 20.8. The van der Waals surface area contributed by atoms with Gasteiger partial charge in [-0.2, -0.15) is 0 Å². The Morgan fingerprint density at radius 1 is 1.02 bits per heavy atom. The van der Waals surface area contributed by atoms with Crippen LogP contribution in [-0.2, 0) is 4.79 Å². The number of carboxylic acids is 1. The molecule has 1 aliphatic carbocycles. The van der Waals surface area contributed by atoms with Gasteiger partial charge < -0.3 is 10.0 Å². The monoisotopic (exact) mass is 620 g/mol. The molecule has 2 aliphatic rings. The summed E-state index contributed by atoms with van der Waals surface area (Å²) in [6.45, 7) is 0.689. The molecule has 3 aromatic carbocycles. The standard InChI is InChI=1S/C32H27Cl2FN4O2S/c33-23-10-6-20(7-11-23)29(21-8-12-24(34)13-9-21)42-32-37-36-30(22-3-1-4-25(35)19-22)39(32)27-16-14-26(15-17-27)38-18-2-5-28(38)31(40)41/h1,3-4,6-8,10-17,19,21,28-29H,2,5,9,18H2,(H,40,41). The highest BCUT2D eigenvalue weighted by Gasteiger charge is 2.31. The van der Waals surface area contributed by atoms with Crippen molar-refractivity contribution in [1.82, 2.24) is 14.8 Å². The first-order chi connectivity index (χ1) is 20.4. The maximum atomic E-state index is 14.3. The first kappa shape index (κ1) is 28.5. The molecule has 3 atom stereocenters. The number of aliphatic carboxylic acids is 1. The Morgan fingerprint density at radius 2 is 1.79 bits per heavy atom. The van der Waals surface area contributed by atoms with Gasteiger partial charge in [-0.05, 0) is 85.4 Å². The third kappa shape index (κ3) is 5.98. The van der Waals surface area contributed by atoms with E-state index in [0.29, 0.717) is 39.6 Å². The van der Waals surface area contributed by atoms with Crippen LogP contribution in [0.25, 0.3) is 17.1 Å². The van der Waals surface area contributed by atoms with E-state index in [1.165, 1.54) is 12.1 Å². The third-order valence-corrected chi connectivity index (χ3v) is 9.48. The third-order valence-electron chi connectivity index (χ3n) is 7.60. The highest BCUT2D eigenvalue weighted by molar-refractivity contribution is 7.99. The number of hydrogen-bond acceptors (Lipinski definition) is 5. The van der Waals surface area contributed by atoms with E-state index < -0.39 is 12.0 Å². The van der Waals surface area contributed by atoms with Gasteiger partial charge in [0.1, 0.15) is 11.9 Å². The fourth-order valence-corrected chi connectivity index (χ4v) is 7.09. The molecule has 1 saturated heterocycles. The smallest absolute Gasteiger partial charge is 0.326 e. The molecular weight excluding hydrogens is 594 g/mol. The Morgan fingerprint density at radius 3 is 2.48 bits per heavy atom. The molecule has 6 nitrogen and oxygen atoms in total. The topological polar surface area (TPSA) is 71.2 Å². The molecule has 2 heterocycles. The zero-order valence-corrected chi connectivity index (χ0v) is 24.7. The number of hydrogen-bond donors (Lipinski definition) is 1. The first-order valence-electron chi connectivity index (χ1n) is 13.6. The molecule has 0 bridgehead atoms. The maximum absolute atomic E-state index is 14.3. The van der Waals surface area contributed by atoms with E-state index in [9.17, 15) is 14.3 Å². The van der Waals surface area contributed by atoms with Gasteiger partial charge in [0.05, 0.1) is 0 Å². The molecule has 42 heavy (non-hydrogen) atoms. The van der Waals surface area contributed by atoms with Crippen molar-refractivity contribution in [3.8, 4) is 17.1 Å². The lowest BCUT2D eigenvalue weighted by Crippen LogP contribution is -2.35. The van der Waals surface area contributed by atoms with Crippen LogP contribution in [0.4, 0.5) is 10.1 Å². The van der Waals surface area contributed by atoms with Crippen molar-refractivity contribution in [2.75, 3.05) is 11.4 Å². The second-order valence-corrected chi connectivity index (χ2v) is 12.3. The van der Waals surface area contributed by atoms with E-state index in [2.05, 4.69) is 16.3 Å². The van der Waals surface area contributed by atoms with E-state index in [1.54, 1.807) is 23.9 Å². The van der Waals surface area contributed by atoms with Crippen LogP contribution in [0.2, 0.25) is 5.02 Å². The average molecular weight is 622 g/mol. The van der Waals surface area contributed by atoms with E-state index >= 15 is 0 Å². The molecule has 1 fully saturated rings. The van der Waals surface area contributed by atoms with Gasteiger partial charge in [0.15, 0.2) is 11.0 Å². The van der Waals surface area contributed by atoms with E-state index in [0.717, 1.165) is 29.8 Å². The fourth-order valence-electron chi connectivity index (χ4n) is 5.52. The summed E-state index contributed by atoms with van der Waals surface area (Å²) in [7, 11) is 0. The van der Waals surface area contributed by atoms with E-state index in [4.69, 9.17) is 23.2 Å². The number of aromatic nitrogens is 3. The highest BCUT2D eigenvalue weighted by Crippen LogP contribution is 2.45. The number of nitrogens with zero attached hydrogens (tertiary/aromatic N) is 4. The minimum absolute atomic E-state index is 0.0389. The van der Waals surface area contributed by atoms with Crippen molar-refractivity contribution < 1.29 is 14.3 Å². The summed E-state index contributed by atoms with van der Waals surface area (Å²) in [4.78, 5) is 13.7. The van der Waals surface area contributed by atoms with Gasteiger partial charge in [0, 0.05) is 38.8 Å². The van der Waals surface area contributed by atoms with Crippen molar-refractivity contribution >= 4 is 46.6 Å². The van der Waals surface area contributed by atoms with Crippen molar-refractivity contribution in [1.29, 1.82) is 0 Å². The van der Waals surface area contributed by atoms with Crippen molar-refractivity contribution in [2.24, 2.45) is 5.92 Å². The molecule has 0 amide bonds. The predicted octanol–water partition coefficient (Wildman–Crippen LogP) is 8.31. The number of carboxylic acid groups (broad SMARTS) is 1. The Hall–Kier alpha value is -3.59. The molecule has 1 N–H and O–H groups in total. The Kier molecular flexibility index (Phi) is 8.38. The molecule has 3 unspecified atom stereocenters. The molecule has 214 valence electrons. The Bertz CT molecular complexity index is 1660. The number of rotatable bonds is 8. The Balaban J connectivity index is 1.41. The van der Waals surface area contributed by atoms with Gasteiger partial charge >= 0.3 is 5.97 Å². The second kappa shape index (κ2) is 12.3. The van der Waals surface area contributed by atoms with Crippen molar-refractivity contribution in [3.05, 3.63) is 112 Å². The van der Waals surface area contributed by atoms with Gasteiger partial charge in [-0.15, -0.1) is 10.2 Å². The first-order valence-corrected chi connectivity index (χ1v) is 15.3. The van der Waals surface area contributed by atoms with Crippen LogP contribution < -0.4 is 4.90 Å². The largest absolute Gasteiger partial charge is 0.480 e. The average Bonchev–Trinajstić information content (AvgIpc) is 3.65.